The van der Waals surface area contributed by atoms with Crippen LogP contribution in [-0.2, 0) is 11.2 Å². The molecule has 0 radical (unpaired) electrons. The molecule has 2 rings (SSSR count). The van der Waals surface area contributed by atoms with Gasteiger partial charge < -0.3 is 10.6 Å². The number of benzene rings is 1. The number of rotatable bonds is 3. The summed E-state index contributed by atoms with van der Waals surface area (Å²) in [5, 5.41) is 0. The van der Waals surface area contributed by atoms with Gasteiger partial charge in [0, 0.05) is 23.6 Å². The van der Waals surface area contributed by atoms with Crippen LogP contribution < -0.4 is 5.73 Å². The molecule has 1 aromatic carbocycles. The van der Waals surface area contributed by atoms with Crippen LogP contribution >= 0.6 is 28.3 Å². The van der Waals surface area contributed by atoms with E-state index in [0.29, 0.717) is 13.0 Å². The van der Waals surface area contributed by atoms with Crippen LogP contribution in [0.4, 0.5) is 0 Å². The summed E-state index contributed by atoms with van der Waals surface area (Å²) in [5.41, 5.74) is 6.80. The van der Waals surface area contributed by atoms with Gasteiger partial charge in [-0.15, -0.1) is 12.4 Å². The number of carbonyl (C=O) groups excluding carboxylic acids is 1. The van der Waals surface area contributed by atoms with Gasteiger partial charge in [-0.05, 0) is 37.0 Å². The average Bonchev–Trinajstić information content (AvgIpc) is 2.38. The lowest BCUT2D eigenvalue weighted by Crippen LogP contribution is -2.48. The Morgan fingerprint density at radius 2 is 2.21 bits per heavy atom. The van der Waals surface area contributed by atoms with Crippen molar-refractivity contribution in [1.29, 1.82) is 0 Å². The van der Waals surface area contributed by atoms with Crippen molar-refractivity contribution >= 4 is 34.2 Å². The highest BCUT2D eigenvalue weighted by atomic mass is 79.9. The molecule has 1 fully saturated rings. The highest BCUT2D eigenvalue weighted by Crippen LogP contribution is 2.18. The predicted molar refractivity (Wildman–Crippen MR) is 83.5 cm³/mol. The van der Waals surface area contributed by atoms with Crippen molar-refractivity contribution in [2.24, 2.45) is 5.73 Å². The molecule has 5 heteroatoms. The lowest BCUT2D eigenvalue weighted by molar-refractivity contribution is -0.133. The Morgan fingerprint density at radius 1 is 1.42 bits per heavy atom. The quantitative estimate of drug-likeness (QED) is 0.914. The summed E-state index contributed by atoms with van der Waals surface area (Å²) < 4.78 is 1.02. The van der Waals surface area contributed by atoms with Crippen molar-refractivity contribution in [2.45, 2.75) is 31.7 Å². The summed E-state index contributed by atoms with van der Waals surface area (Å²) in [5.74, 6) is 0.197. The van der Waals surface area contributed by atoms with Gasteiger partial charge in [-0.25, -0.2) is 0 Å². The highest BCUT2D eigenvalue weighted by molar-refractivity contribution is 9.10. The van der Waals surface area contributed by atoms with Crippen LogP contribution in [0.5, 0.6) is 0 Å². The summed E-state index contributed by atoms with van der Waals surface area (Å²) in [6.07, 6.45) is 3.79. The fourth-order valence-electron chi connectivity index (χ4n) is 2.50. The van der Waals surface area contributed by atoms with Crippen molar-refractivity contribution < 1.29 is 4.79 Å². The zero-order valence-corrected chi connectivity index (χ0v) is 13.3. The van der Waals surface area contributed by atoms with Gasteiger partial charge in [0.05, 0.1) is 6.42 Å². The van der Waals surface area contributed by atoms with E-state index in [9.17, 15) is 4.79 Å². The Bertz CT molecular complexity index is 428. The van der Waals surface area contributed by atoms with Gasteiger partial charge in [0.2, 0.25) is 5.91 Å². The summed E-state index contributed by atoms with van der Waals surface area (Å²) >= 11 is 3.43. The summed E-state index contributed by atoms with van der Waals surface area (Å²) in [4.78, 5) is 14.3. The SMILES string of the molecule is Cl.NCC1CCCCN1C(=O)Cc1cccc(Br)c1. The Labute approximate surface area is 129 Å². The maximum absolute atomic E-state index is 12.3. The summed E-state index contributed by atoms with van der Waals surface area (Å²) in [6.45, 7) is 1.43. The number of nitrogens with two attached hydrogens (primary N) is 1. The molecule has 1 aliphatic rings. The lowest BCUT2D eigenvalue weighted by Gasteiger charge is -2.35. The molecular weight excluding hydrogens is 328 g/mol. The van der Waals surface area contributed by atoms with Crippen molar-refractivity contribution in [3.63, 3.8) is 0 Å². The molecule has 1 saturated heterocycles. The molecule has 0 aliphatic carbocycles. The molecule has 1 aromatic rings. The van der Waals surface area contributed by atoms with Gasteiger partial charge >= 0.3 is 0 Å². The van der Waals surface area contributed by atoms with E-state index in [2.05, 4.69) is 15.9 Å². The number of carbonyl (C=O) groups is 1. The summed E-state index contributed by atoms with van der Waals surface area (Å²) in [6, 6.07) is 8.16. The van der Waals surface area contributed by atoms with E-state index in [1.807, 2.05) is 29.2 Å². The molecule has 2 N–H and O–H groups in total. The van der Waals surface area contributed by atoms with Crippen molar-refractivity contribution in [3.8, 4) is 0 Å². The number of piperidine rings is 1. The monoisotopic (exact) mass is 346 g/mol. The van der Waals surface area contributed by atoms with Crippen LogP contribution in [0.25, 0.3) is 0 Å². The minimum atomic E-state index is 0. The van der Waals surface area contributed by atoms with Gasteiger partial charge in [-0.3, -0.25) is 4.79 Å². The first-order valence-corrected chi connectivity index (χ1v) is 7.24. The molecule has 1 heterocycles. The van der Waals surface area contributed by atoms with Crippen LogP contribution in [0.1, 0.15) is 24.8 Å². The van der Waals surface area contributed by atoms with E-state index in [1.54, 1.807) is 0 Å². The number of amides is 1. The predicted octanol–water partition coefficient (Wildman–Crippen LogP) is 2.75. The Balaban J connectivity index is 0.00000180. The smallest absolute Gasteiger partial charge is 0.227 e. The first-order chi connectivity index (χ1) is 8.70. The Hall–Kier alpha value is -0.580. The number of hydrogen-bond acceptors (Lipinski definition) is 2. The van der Waals surface area contributed by atoms with E-state index in [4.69, 9.17) is 5.73 Å². The van der Waals surface area contributed by atoms with Crippen LogP contribution in [0.15, 0.2) is 28.7 Å². The van der Waals surface area contributed by atoms with Gasteiger partial charge in [-0.1, -0.05) is 28.1 Å². The number of nitrogens with zero attached hydrogens (tertiary/aromatic N) is 1. The third-order valence-corrected chi connectivity index (χ3v) is 3.96. The van der Waals surface area contributed by atoms with Crippen LogP contribution in [0.2, 0.25) is 0 Å². The maximum atomic E-state index is 12.3. The molecule has 1 unspecified atom stereocenters. The van der Waals surface area contributed by atoms with Crippen LogP contribution in [0, 0.1) is 0 Å². The number of halogens is 2. The van der Waals surface area contributed by atoms with Crippen molar-refractivity contribution in [2.75, 3.05) is 13.1 Å². The standard InChI is InChI=1S/C14H19BrN2O.ClH/c15-12-5-3-4-11(8-12)9-14(18)17-7-2-1-6-13(17)10-16;/h3-5,8,13H,1-2,6-7,9-10,16H2;1H. The number of hydrogen-bond donors (Lipinski definition) is 1. The first-order valence-electron chi connectivity index (χ1n) is 6.44. The van der Waals surface area contributed by atoms with E-state index in [1.165, 1.54) is 6.42 Å². The van der Waals surface area contributed by atoms with E-state index in [0.717, 1.165) is 29.4 Å². The second kappa shape index (κ2) is 7.88. The van der Waals surface area contributed by atoms with Crippen molar-refractivity contribution in [3.05, 3.63) is 34.3 Å². The zero-order valence-electron chi connectivity index (χ0n) is 10.8. The molecule has 0 aromatic heterocycles. The number of likely N-dealkylation sites (tertiary alicyclic amines) is 1. The second-order valence-corrected chi connectivity index (χ2v) is 5.69. The lowest BCUT2D eigenvalue weighted by atomic mass is 10.0. The van der Waals surface area contributed by atoms with Crippen LogP contribution in [0.3, 0.4) is 0 Å². The van der Waals surface area contributed by atoms with Gasteiger partial charge in [0.25, 0.3) is 0 Å². The minimum absolute atomic E-state index is 0. The third kappa shape index (κ3) is 4.48. The molecule has 106 valence electrons. The van der Waals surface area contributed by atoms with Crippen molar-refractivity contribution in [1.82, 2.24) is 4.90 Å². The fraction of sp³-hybridized carbons (Fsp3) is 0.500. The molecule has 0 spiro atoms. The minimum Gasteiger partial charge on any atom is -0.338 e. The van der Waals surface area contributed by atoms with Crippen LogP contribution in [-0.4, -0.2) is 29.9 Å². The normalized spacial score (nSPS) is 18.8. The average molecular weight is 348 g/mol. The molecule has 19 heavy (non-hydrogen) atoms. The molecule has 0 bridgehead atoms. The first kappa shape index (κ1) is 16.5. The molecular formula is C14H20BrClN2O. The fourth-order valence-corrected chi connectivity index (χ4v) is 2.94. The molecule has 0 saturated carbocycles. The Kier molecular flexibility index (Phi) is 6.83. The van der Waals surface area contributed by atoms with Gasteiger partial charge in [0.15, 0.2) is 0 Å². The second-order valence-electron chi connectivity index (χ2n) is 4.78. The zero-order chi connectivity index (χ0) is 13.0. The van der Waals surface area contributed by atoms with E-state index < -0.39 is 0 Å². The van der Waals surface area contributed by atoms with E-state index in [-0.39, 0.29) is 24.4 Å². The molecule has 3 nitrogen and oxygen atoms in total. The van der Waals surface area contributed by atoms with E-state index >= 15 is 0 Å². The molecule has 1 aliphatic heterocycles. The van der Waals surface area contributed by atoms with Gasteiger partial charge in [0.1, 0.15) is 0 Å². The summed E-state index contributed by atoms with van der Waals surface area (Å²) in [7, 11) is 0. The Morgan fingerprint density at radius 3 is 2.89 bits per heavy atom. The molecule has 1 amide bonds. The largest absolute Gasteiger partial charge is 0.338 e. The maximum Gasteiger partial charge on any atom is 0.227 e. The van der Waals surface area contributed by atoms with Gasteiger partial charge in [-0.2, -0.15) is 0 Å². The topological polar surface area (TPSA) is 46.3 Å². The highest BCUT2D eigenvalue weighted by Gasteiger charge is 2.25. The molecule has 1 atom stereocenters. The third-order valence-electron chi connectivity index (χ3n) is 3.46.